The van der Waals surface area contributed by atoms with E-state index >= 15 is 0 Å². The van der Waals surface area contributed by atoms with Crippen LogP contribution in [-0.4, -0.2) is 41.0 Å². The lowest BCUT2D eigenvalue weighted by Crippen LogP contribution is -2.72. The first-order valence-corrected chi connectivity index (χ1v) is 6.76. The molecule has 2 atom stereocenters. The van der Waals surface area contributed by atoms with Crippen LogP contribution in [0.2, 0.25) is 0 Å². The van der Waals surface area contributed by atoms with Gasteiger partial charge in [0.1, 0.15) is 18.1 Å². The molecule has 1 aliphatic heterocycles. The van der Waals surface area contributed by atoms with E-state index in [1.807, 2.05) is 0 Å². The Hall–Kier alpha value is -1.27. The topological polar surface area (TPSA) is 49.4 Å². The second kappa shape index (κ2) is 4.63. The maximum absolute atomic E-state index is 12.7. The zero-order valence-corrected chi connectivity index (χ0v) is 11.8. The van der Waals surface area contributed by atoms with Gasteiger partial charge in [0.25, 0.3) is 0 Å². The molecule has 1 heterocycles. The molecule has 1 N–H and O–H groups in total. The quantitative estimate of drug-likeness (QED) is 0.860. The van der Waals surface area contributed by atoms with Crippen LogP contribution < -0.4 is 5.32 Å². The number of carbonyl (C=O) groups is 2. The van der Waals surface area contributed by atoms with Gasteiger partial charge in [-0.3, -0.25) is 9.59 Å². The van der Waals surface area contributed by atoms with E-state index in [0.717, 1.165) is 12.8 Å². The van der Waals surface area contributed by atoms with Crippen LogP contribution in [0.4, 0.5) is 13.2 Å². The summed E-state index contributed by atoms with van der Waals surface area (Å²) in [4.78, 5) is 25.3. The molecule has 0 aromatic heterocycles. The summed E-state index contributed by atoms with van der Waals surface area (Å²) < 4.78 is 38.2. The molecule has 2 fully saturated rings. The Balaban J connectivity index is 2.33. The molecule has 2 amide bonds. The highest BCUT2D eigenvalue weighted by atomic mass is 19.4. The molecule has 20 heavy (non-hydrogen) atoms. The lowest BCUT2D eigenvalue weighted by Gasteiger charge is -2.46. The molecular weight excluding hydrogens is 273 g/mol. The Bertz CT molecular complexity index is 432. The van der Waals surface area contributed by atoms with Gasteiger partial charge in [-0.15, -0.1) is 0 Å². The van der Waals surface area contributed by atoms with Crippen LogP contribution in [0.3, 0.4) is 0 Å². The van der Waals surface area contributed by atoms with E-state index < -0.39 is 36.1 Å². The van der Waals surface area contributed by atoms with Gasteiger partial charge in [-0.1, -0.05) is 13.8 Å². The molecule has 114 valence electrons. The van der Waals surface area contributed by atoms with Gasteiger partial charge in [0, 0.05) is 0 Å². The fourth-order valence-electron chi connectivity index (χ4n) is 2.91. The third-order valence-corrected chi connectivity index (χ3v) is 4.07. The molecule has 0 bridgehead atoms. The molecule has 2 aliphatic rings. The van der Waals surface area contributed by atoms with Crippen molar-refractivity contribution in [2.75, 3.05) is 6.54 Å². The van der Waals surface area contributed by atoms with Crippen LogP contribution >= 0.6 is 0 Å². The van der Waals surface area contributed by atoms with Crippen LogP contribution in [0.25, 0.3) is 0 Å². The molecule has 7 heteroatoms. The number of rotatable bonds is 3. The molecule has 0 aromatic carbocycles. The number of hydrogen-bond donors (Lipinski definition) is 1. The van der Waals surface area contributed by atoms with E-state index in [1.54, 1.807) is 13.8 Å². The smallest absolute Gasteiger partial charge is 0.340 e. The first kappa shape index (κ1) is 15.1. The number of alkyl halides is 3. The summed E-state index contributed by atoms with van der Waals surface area (Å²) in [6.07, 6.45) is -2.99. The summed E-state index contributed by atoms with van der Waals surface area (Å²) in [7, 11) is 0. The highest BCUT2D eigenvalue weighted by Crippen LogP contribution is 2.43. The van der Waals surface area contributed by atoms with Crippen molar-refractivity contribution < 1.29 is 22.8 Å². The highest BCUT2D eigenvalue weighted by molar-refractivity contribution is 6.00. The summed E-state index contributed by atoms with van der Waals surface area (Å²) in [5.41, 5.74) is -1.19. The van der Waals surface area contributed by atoms with Crippen molar-refractivity contribution in [1.29, 1.82) is 0 Å². The molecule has 1 aliphatic carbocycles. The van der Waals surface area contributed by atoms with Gasteiger partial charge in [-0.25, -0.2) is 0 Å². The second-order valence-electron chi connectivity index (χ2n) is 6.20. The molecule has 1 saturated carbocycles. The molecule has 0 aromatic rings. The average Bonchev–Trinajstić information content (AvgIpc) is 3.06. The first-order valence-electron chi connectivity index (χ1n) is 6.76. The maximum atomic E-state index is 12.7. The highest BCUT2D eigenvalue weighted by Gasteiger charge is 2.57. The van der Waals surface area contributed by atoms with Gasteiger partial charge in [0.2, 0.25) is 11.8 Å². The van der Waals surface area contributed by atoms with Crippen molar-refractivity contribution in [2.24, 2.45) is 11.8 Å². The van der Waals surface area contributed by atoms with E-state index in [9.17, 15) is 22.8 Å². The Morgan fingerprint density at radius 2 is 1.90 bits per heavy atom. The lowest BCUT2D eigenvalue weighted by molar-refractivity contribution is -0.180. The summed E-state index contributed by atoms with van der Waals surface area (Å²) in [5, 5.41) is 2.65. The first-order chi connectivity index (χ1) is 9.06. The van der Waals surface area contributed by atoms with Crippen LogP contribution in [0, 0.1) is 11.8 Å². The predicted octanol–water partition coefficient (Wildman–Crippen LogP) is 1.70. The minimum absolute atomic E-state index is 0.0530. The van der Waals surface area contributed by atoms with Gasteiger partial charge in [0.05, 0.1) is 0 Å². The zero-order chi connectivity index (χ0) is 15.3. The van der Waals surface area contributed by atoms with Crippen molar-refractivity contribution in [3.05, 3.63) is 0 Å². The number of amides is 2. The number of carbonyl (C=O) groups excluding carboxylic acids is 2. The molecule has 0 spiro atoms. The summed E-state index contributed by atoms with van der Waals surface area (Å²) in [6.45, 7) is 3.44. The van der Waals surface area contributed by atoms with Gasteiger partial charge in [0.15, 0.2) is 0 Å². The third-order valence-electron chi connectivity index (χ3n) is 4.07. The van der Waals surface area contributed by atoms with Crippen LogP contribution in [-0.2, 0) is 9.59 Å². The molecule has 2 rings (SSSR count). The van der Waals surface area contributed by atoms with Crippen molar-refractivity contribution >= 4 is 11.8 Å². The number of nitrogens with zero attached hydrogens (tertiary/aromatic N) is 1. The normalized spacial score (nSPS) is 31.8. The Morgan fingerprint density at radius 3 is 2.30 bits per heavy atom. The van der Waals surface area contributed by atoms with Gasteiger partial charge in [-0.05, 0) is 31.6 Å². The van der Waals surface area contributed by atoms with Crippen LogP contribution in [0.5, 0.6) is 0 Å². The van der Waals surface area contributed by atoms with Gasteiger partial charge in [-0.2, -0.15) is 13.2 Å². The van der Waals surface area contributed by atoms with Crippen molar-refractivity contribution in [2.45, 2.75) is 51.4 Å². The second-order valence-corrected chi connectivity index (χ2v) is 6.20. The minimum atomic E-state index is -4.51. The summed E-state index contributed by atoms with van der Waals surface area (Å²) in [6, 6.07) is -1.06. The fourth-order valence-corrected chi connectivity index (χ4v) is 2.91. The van der Waals surface area contributed by atoms with Crippen molar-refractivity contribution in [3.63, 3.8) is 0 Å². The van der Waals surface area contributed by atoms with Crippen molar-refractivity contribution in [1.82, 2.24) is 10.2 Å². The molecule has 2 unspecified atom stereocenters. The Kier molecular flexibility index (Phi) is 3.50. The number of piperazine rings is 1. The standard InChI is InChI=1S/C13H19F3N2O2/c1-7(2)9-10(19)17-12(3,8-4-5-8)11(20)18(9)6-13(14,15)16/h7-9H,4-6H2,1-3H3,(H,17,19). The van der Waals surface area contributed by atoms with Gasteiger partial charge >= 0.3 is 6.18 Å². The zero-order valence-electron chi connectivity index (χ0n) is 11.8. The van der Waals surface area contributed by atoms with E-state index in [0.29, 0.717) is 4.90 Å². The molecule has 1 saturated heterocycles. The van der Waals surface area contributed by atoms with E-state index in [-0.39, 0.29) is 11.8 Å². The van der Waals surface area contributed by atoms with Crippen molar-refractivity contribution in [3.8, 4) is 0 Å². The molecule has 4 nitrogen and oxygen atoms in total. The minimum Gasteiger partial charge on any atom is -0.340 e. The lowest BCUT2D eigenvalue weighted by atomic mass is 9.86. The Labute approximate surface area is 115 Å². The SMILES string of the molecule is CC(C)C1C(=O)NC(C)(C2CC2)C(=O)N1CC(F)(F)F. The van der Waals surface area contributed by atoms with E-state index in [2.05, 4.69) is 5.32 Å². The Morgan fingerprint density at radius 1 is 1.35 bits per heavy atom. The molecule has 0 radical (unpaired) electrons. The number of hydrogen-bond acceptors (Lipinski definition) is 2. The number of nitrogens with one attached hydrogen (secondary N) is 1. The summed E-state index contributed by atoms with van der Waals surface area (Å²) in [5.74, 6) is -1.53. The third kappa shape index (κ3) is 2.62. The van der Waals surface area contributed by atoms with Gasteiger partial charge < -0.3 is 10.2 Å². The van der Waals surface area contributed by atoms with Crippen LogP contribution in [0.15, 0.2) is 0 Å². The average molecular weight is 292 g/mol. The van der Waals surface area contributed by atoms with E-state index in [4.69, 9.17) is 0 Å². The number of halogens is 3. The largest absolute Gasteiger partial charge is 0.406 e. The molecular formula is C13H19F3N2O2. The maximum Gasteiger partial charge on any atom is 0.406 e. The predicted molar refractivity (Wildman–Crippen MR) is 65.7 cm³/mol. The fraction of sp³-hybridized carbons (Fsp3) is 0.846. The monoisotopic (exact) mass is 292 g/mol. The summed E-state index contributed by atoms with van der Waals surface area (Å²) >= 11 is 0. The van der Waals surface area contributed by atoms with E-state index in [1.165, 1.54) is 6.92 Å². The van der Waals surface area contributed by atoms with Crippen LogP contribution in [0.1, 0.15) is 33.6 Å².